The van der Waals surface area contributed by atoms with Crippen molar-refractivity contribution in [2.24, 2.45) is 16.7 Å². The molecule has 0 saturated heterocycles. The van der Waals surface area contributed by atoms with Crippen LogP contribution in [0, 0.1) is 16.7 Å². The molecule has 2 aliphatic carbocycles. The van der Waals surface area contributed by atoms with Gasteiger partial charge in [-0.2, -0.15) is 0 Å². The van der Waals surface area contributed by atoms with Gasteiger partial charge in [-0.25, -0.2) is 0 Å². The Morgan fingerprint density at radius 2 is 1.83 bits per heavy atom. The van der Waals surface area contributed by atoms with E-state index in [2.05, 4.69) is 20.8 Å². The predicted molar refractivity (Wildman–Crippen MR) is 55.2 cm³/mol. The largest absolute Gasteiger partial charge is 0.393 e. The van der Waals surface area contributed by atoms with Gasteiger partial charge in [-0.1, -0.05) is 20.8 Å². The van der Waals surface area contributed by atoms with E-state index < -0.39 is 0 Å². The second kappa shape index (κ2) is 2.74. The average Bonchev–Trinajstić information content (AvgIpc) is 2.20. The van der Waals surface area contributed by atoms with E-state index in [0.29, 0.717) is 5.41 Å². The first-order chi connectivity index (χ1) is 4.98. The van der Waals surface area contributed by atoms with Crippen LogP contribution in [0.25, 0.3) is 0 Å². The molecule has 0 radical (unpaired) electrons. The highest BCUT2D eigenvalue weighted by molar-refractivity contribution is 5.75. The molecule has 0 heterocycles. The Morgan fingerprint density at radius 3 is 2.00 bits per heavy atom. The van der Waals surface area contributed by atoms with Crippen molar-refractivity contribution in [1.29, 1.82) is 0 Å². The number of fused-ring (bicyclic) bond motifs is 2. The van der Waals surface area contributed by atoms with Crippen LogP contribution in [0.1, 0.15) is 40.0 Å². The molecule has 2 aliphatic rings. The van der Waals surface area contributed by atoms with Gasteiger partial charge in [0.05, 0.1) is 6.10 Å². The fourth-order valence-electron chi connectivity index (χ4n) is 3.16. The SMILES string of the molecule is CC1(C)[C@@H]2CC[C@]1(C)[C@H](O)C2.[AlH3]. The number of hydrogen-bond acceptors (Lipinski definition) is 1. The second-order valence-electron chi connectivity index (χ2n) is 5.13. The van der Waals surface area contributed by atoms with Gasteiger partial charge < -0.3 is 5.11 Å². The Kier molecular flexibility index (Phi) is 2.41. The van der Waals surface area contributed by atoms with Crippen molar-refractivity contribution < 1.29 is 5.11 Å². The Hall–Kier alpha value is 0.492. The van der Waals surface area contributed by atoms with Gasteiger partial charge >= 0.3 is 0 Å². The summed E-state index contributed by atoms with van der Waals surface area (Å²) >= 11 is 0. The third-order valence-electron chi connectivity index (χ3n) is 4.75. The normalized spacial score (nSPS) is 49.0. The van der Waals surface area contributed by atoms with Gasteiger partial charge in [0.2, 0.25) is 0 Å². The molecule has 0 aromatic heterocycles. The first-order valence-corrected chi connectivity index (χ1v) is 4.66. The molecule has 2 bridgehead atoms. The summed E-state index contributed by atoms with van der Waals surface area (Å²) in [5, 5.41) is 9.81. The minimum atomic E-state index is -0.0313. The zero-order valence-electron chi connectivity index (χ0n) is 7.72. The van der Waals surface area contributed by atoms with Crippen molar-refractivity contribution in [1.82, 2.24) is 0 Å². The van der Waals surface area contributed by atoms with Gasteiger partial charge in [0.1, 0.15) is 0 Å². The molecule has 3 atom stereocenters. The van der Waals surface area contributed by atoms with E-state index in [0.717, 1.165) is 12.3 Å². The molecule has 0 aliphatic heterocycles. The standard InChI is InChI=1S/C10H18O.Al.3H/c1-9(2)7-4-5-10(9,3)8(11)6-7;;;;/h7-8,11H,4-6H2,1-3H3;;;;/t7-,8-,10-;;;;/m1..../s1. The van der Waals surface area contributed by atoms with Gasteiger partial charge in [0.25, 0.3) is 0 Å². The Labute approximate surface area is 85.7 Å². The molecule has 70 valence electrons. The lowest BCUT2D eigenvalue weighted by atomic mass is 9.70. The molecule has 12 heavy (non-hydrogen) atoms. The van der Waals surface area contributed by atoms with Crippen molar-refractivity contribution in [3.8, 4) is 0 Å². The lowest BCUT2D eigenvalue weighted by Crippen LogP contribution is -2.35. The van der Waals surface area contributed by atoms with Crippen molar-refractivity contribution in [2.75, 3.05) is 0 Å². The first kappa shape index (κ1) is 10.6. The molecule has 0 aromatic carbocycles. The zero-order valence-corrected chi connectivity index (χ0v) is 7.72. The fraction of sp³-hybridized carbons (Fsp3) is 1.00. The smallest absolute Gasteiger partial charge is 0.187 e. The molecular weight excluding hydrogens is 163 g/mol. The summed E-state index contributed by atoms with van der Waals surface area (Å²) < 4.78 is 0. The molecule has 2 fully saturated rings. The van der Waals surface area contributed by atoms with Crippen LogP contribution in [0.3, 0.4) is 0 Å². The molecule has 2 saturated carbocycles. The van der Waals surface area contributed by atoms with Crippen LogP contribution in [0.2, 0.25) is 0 Å². The lowest BCUT2D eigenvalue weighted by Gasteiger charge is -2.36. The van der Waals surface area contributed by atoms with Gasteiger partial charge in [-0.05, 0) is 36.0 Å². The molecule has 0 amide bonds. The number of aliphatic hydroxyl groups is 1. The highest BCUT2D eigenvalue weighted by Gasteiger charge is 2.60. The molecule has 2 rings (SSSR count). The monoisotopic (exact) mass is 184 g/mol. The van der Waals surface area contributed by atoms with Crippen molar-refractivity contribution in [3.63, 3.8) is 0 Å². The van der Waals surface area contributed by atoms with Gasteiger partial charge in [0, 0.05) is 0 Å². The van der Waals surface area contributed by atoms with Gasteiger partial charge in [-0.3, -0.25) is 0 Å². The van der Waals surface area contributed by atoms with Gasteiger partial charge in [-0.15, -0.1) is 0 Å². The first-order valence-electron chi connectivity index (χ1n) is 4.66. The molecule has 1 nitrogen and oxygen atoms in total. The fourth-order valence-corrected chi connectivity index (χ4v) is 3.16. The Balaban J connectivity index is 0.000000720. The number of aliphatic hydroxyl groups excluding tert-OH is 1. The maximum absolute atomic E-state index is 9.81. The third kappa shape index (κ3) is 0.953. The van der Waals surface area contributed by atoms with E-state index in [-0.39, 0.29) is 28.9 Å². The summed E-state index contributed by atoms with van der Waals surface area (Å²) in [6.07, 6.45) is 3.58. The van der Waals surface area contributed by atoms with Crippen LogP contribution >= 0.6 is 0 Å². The highest BCUT2D eigenvalue weighted by Crippen LogP contribution is 2.65. The van der Waals surface area contributed by atoms with Crippen molar-refractivity contribution >= 4 is 17.4 Å². The summed E-state index contributed by atoms with van der Waals surface area (Å²) in [5.74, 6) is 0.780. The highest BCUT2D eigenvalue weighted by atomic mass is 27.0. The third-order valence-corrected chi connectivity index (χ3v) is 4.75. The van der Waals surface area contributed by atoms with E-state index in [9.17, 15) is 5.11 Å². The molecular formula is C10H21AlO. The summed E-state index contributed by atoms with van der Waals surface area (Å²) in [7, 11) is 0. The number of rotatable bonds is 0. The predicted octanol–water partition coefficient (Wildman–Crippen LogP) is 1.01. The number of hydrogen-bond donors (Lipinski definition) is 1. The minimum absolute atomic E-state index is 0. The van der Waals surface area contributed by atoms with Crippen LogP contribution in [0.5, 0.6) is 0 Å². The molecule has 2 heteroatoms. The van der Waals surface area contributed by atoms with Crippen LogP contribution in [-0.4, -0.2) is 28.6 Å². The molecule has 0 unspecified atom stereocenters. The topological polar surface area (TPSA) is 20.2 Å². The lowest BCUT2D eigenvalue weighted by molar-refractivity contribution is 0.0126. The van der Waals surface area contributed by atoms with E-state index in [1.165, 1.54) is 12.8 Å². The summed E-state index contributed by atoms with van der Waals surface area (Å²) in [6, 6.07) is 0. The second-order valence-corrected chi connectivity index (χ2v) is 5.13. The Morgan fingerprint density at radius 1 is 1.25 bits per heavy atom. The molecule has 1 N–H and O–H groups in total. The summed E-state index contributed by atoms with van der Waals surface area (Å²) in [4.78, 5) is 0. The molecule has 0 spiro atoms. The van der Waals surface area contributed by atoms with E-state index in [1.807, 2.05) is 0 Å². The van der Waals surface area contributed by atoms with E-state index >= 15 is 0 Å². The maximum atomic E-state index is 9.81. The van der Waals surface area contributed by atoms with Gasteiger partial charge in [0.15, 0.2) is 17.4 Å². The maximum Gasteiger partial charge on any atom is 0.187 e. The van der Waals surface area contributed by atoms with Crippen molar-refractivity contribution in [2.45, 2.75) is 46.1 Å². The van der Waals surface area contributed by atoms with Crippen LogP contribution in [0.15, 0.2) is 0 Å². The van der Waals surface area contributed by atoms with Crippen LogP contribution in [0.4, 0.5) is 0 Å². The summed E-state index contributed by atoms with van der Waals surface area (Å²) in [5.41, 5.74) is 0.601. The van der Waals surface area contributed by atoms with E-state index in [1.54, 1.807) is 0 Å². The quantitative estimate of drug-likeness (QED) is 0.557. The van der Waals surface area contributed by atoms with Crippen LogP contribution < -0.4 is 0 Å². The van der Waals surface area contributed by atoms with Crippen LogP contribution in [-0.2, 0) is 0 Å². The Bertz CT molecular complexity index is 190. The van der Waals surface area contributed by atoms with Crippen molar-refractivity contribution in [3.05, 3.63) is 0 Å². The minimum Gasteiger partial charge on any atom is -0.393 e. The zero-order chi connectivity index (χ0) is 8.28. The molecule has 0 aromatic rings. The summed E-state index contributed by atoms with van der Waals surface area (Å²) in [6.45, 7) is 6.90. The van der Waals surface area contributed by atoms with E-state index in [4.69, 9.17) is 0 Å². The average molecular weight is 184 g/mol.